The van der Waals surface area contributed by atoms with E-state index in [-0.39, 0.29) is 11.6 Å². The Bertz CT molecular complexity index is 602. The van der Waals surface area contributed by atoms with Gasteiger partial charge in [0.15, 0.2) is 0 Å². The van der Waals surface area contributed by atoms with Crippen molar-refractivity contribution >= 4 is 21.6 Å². The van der Waals surface area contributed by atoms with E-state index in [2.05, 4.69) is 4.72 Å². The van der Waals surface area contributed by atoms with Crippen LogP contribution in [-0.4, -0.2) is 34.6 Å². The van der Waals surface area contributed by atoms with Gasteiger partial charge in [0.2, 0.25) is 10.0 Å². The van der Waals surface area contributed by atoms with Crippen molar-refractivity contribution in [2.75, 3.05) is 26.2 Å². The van der Waals surface area contributed by atoms with E-state index in [4.69, 9.17) is 11.6 Å². The molecule has 0 heterocycles. The lowest BCUT2D eigenvalue weighted by Crippen LogP contribution is -3.12. The van der Waals surface area contributed by atoms with Gasteiger partial charge in [0.25, 0.3) is 0 Å². The molecule has 0 aliphatic heterocycles. The molecule has 1 aromatic carbocycles. The summed E-state index contributed by atoms with van der Waals surface area (Å²) in [7, 11) is -4.08. The van der Waals surface area contributed by atoms with E-state index < -0.39 is 26.7 Å². The molecular weight excluding hydrogens is 341 g/mol. The standard InChI is InChI=1S/C13H18ClF3N2O2S/c1-3-19(4-2)8-7-18-22(20,21)12-9-10(13(15,16)17)5-6-11(12)14/h5-6,9,18H,3-4,7-8H2,1-2H3/p+1. The van der Waals surface area contributed by atoms with E-state index in [1.54, 1.807) is 0 Å². The van der Waals surface area contributed by atoms with Crippen LogP contribution in [0.15, 0.2) is 23.1 Å². The zero-order chi connectivity index (χ0) is 17.0. The van der Waals surface area contributed by atoms with Crippen LogP contribution in [0.1, 0.15) is 19.4 Å². The number of benzene rings is 1. The highest BCUT2D eigenvalue weighted by atomic mass is 35.5. The average Bonchev–Trinajstić information content (AvgIpc) is 2.42. The van der Waals surface area contributed by atoms with Gasteiger partial charge in [-0.3, -0.25) is 0 Å². The molecule has 0 fully saturated rings. The monoisotopic (exact) mass is 359 g/mol. The molecular formula is C13H19ClF3N2O2S+. The molecule has 0 aliphatic carbocycles. The van der Waals surface area contributed by atoms with Crippen LogP contribution in [0.5, 0.6) is 0 Å². The number of nitrogens with one attached hydrogen (secondary N) is 2. The molecule has 0 spiro atoms. The number of likely N-dealkylation sites (N-methyl/N-ethyl adjacent to an activating group) is 1. The molecule has 0 aliphatic rings. The number of quaternary nitrogens is 1. The predicted octanol–water partition coefficient (Wildman–Crippen LogP) is 1.56. The van der Waals surface area contributed by atoms with Crippen LogP contribution in [0.3, 0.4) is 0 Å². The normalized spacial score (nSPS) is 12.9. The van der Waals surface area contributed by atoms with Crippen LogP contribution in [-0.2, 0) is 16.2 Å². The maximum atomic E-state index is 12.7. The van der Waals surface area contributed by atoms with E-state index >= 15 is 0 Å². The molecule has 0 aromatic heterocycles. The average molecular weight is 360 g/mol. The van der Waals surface area contributed by atoms with E-state index in [1.165, 1.54) is 4.90 Å². The van der Waals surface area contributed by atoms with Crippen LogP contribution in [0.4, 0.5) is 13.2 Å². The molecule has 0 unspecified atom stereocenters. The zero-order valence-electron chi connectivity index (χ0n) is 12.3. The van der Waals surface area contributed by atoms with Crippen LogP contribution in [0.2, 0.25) is 5.02 Å². The van der Waals surface area contributed by atoms with Crippen LogP contribution in [0.25, 0.3) is 0 Å². The molecule has 22 heavy (non-hydrogen) atoms. The number of halogens is 4. The Morgan fingerprint density at radius 1 is 1.23 bits per heavy atom. The topological polar surface area (TPSA) is 50.6 Å². The van der Waals surface area contributed by atoms with E-state index in [9.17, 15) is 21.6 Å². The van der Waals surface area contributed by atoms with Crippen molar-refractivity contribution < 1.29 is 26.5 Å². The van der Waals surface area contributed by atoms with Gasteiger partial charge in [0.1, 0.15) is 4.90 Å². The fourth-order valence-corrected chi connectivity index (χ4v) is 3.48. The smallest absolute Gasteiger partial charge is 0.334 e. The Labute approximate surface area is 133 Å². The Balaban J connectivity index is 2.93. The lowest BCUT2D eigenvalue weighted by atomic mass is 10.2. The van der Waals surface area contributed by atoms with Crippen molar-refractivity contribution in [2.24, 2.45) is 0 Å². The second kappa shape index (κ2) is 7.63. The highest BCUT2D eigenvalue weighted by Gasteiger charge is 2.32. The first-order valence-electron chi connectivity index (χ1n) is 6.81. The summed E-state index contributed by atoms with van der Waals surface area (Å²) >= 11 is 5.74. The summed E-state index contributed by atoms with van der Waals surface area (Å²) in [6.07, 6.45) is -4.62. The van der Waals surface area contributed by atoms with Gasteiger partial charge in [-0.15, -0.1) is 0 Å². The van der Waals surface area contributed by atoms with Gasteiger partial charge in [0, 0.05) is 0 Å². The quantitative estimate of drug-likeness (QED) is 0.776. The highest BCUT2D eigenvalue weighted by molar-refractivity contribution is 7.89. The lowest BCUT2D eigenvalue weighted by molar-refractivity contribution is -0.895. The molecule has 1 aromatic rings. The summed E-state index contributed by atoms with van der Waals surface area (Å²) in [4.78, 5) is 0.622. The fourth-order valence-electron chi connectivity index (χ4n) is 1.93. The summed E-state index contributed by atoms with van der Waals surface area (Å²) in [5, 5.41) is -0.240. The fraction of sp³-hybridized carbons (Fsp3) is 0.538. The summed E-state index contributed by atoms with van der Waals surface area (Å²) in [5.41, 5.74) is -1.05. The van der Waals surface area contributed by atoms with Gasteiger partial charge in [-0.2, -0.15) is 13.2 Å². The van der Waals surface area contributed by atoms with Gasteiger partial charge < -0.3 is 4.90 Å². The number of hydrogen-bond acceptors (Lipinski definition) is 2. The van der Waals surface area contributed by atoms with Gasteiger partial charge >= 0.3 is 6.18 Å². The van der Waals surface area contributed by atoms with Crippen molar-refractivity contribution in [3.05, 3.63) is 28.8 Å². The number of sulfonamides is 1. The Morgan fingerprint density at radius 3 is 2.32 bits per heavy atom. The Kier molecular flexibility index (Phi) is 6.66. The van der Waals surface area contributed by atoms with E-state index in [0.717, 1.165) is 25.2 Å². The maximum Gasteiger partial charge on any atom is 0.416 e. The summed E-state index contributed by atoms with van der Waals surface area (Å²) in [6.45, 7) is 6.29. The zero-order valence-corrected chi connectivity index (χ0v) is 13.9. The van der Waals surface area contributed by atoms with Crippen molar-refractivity contribution in [2.45, 2.75) is 24.9 Å². The van der Waals surface area contributed by atoms with Gasteiger partial charge in [-0.05, 0) is 32.0 Å². The lowest BCUT2D eigenvalue weighted by Gasteiger charge is -2.16. The van der Waals surface area contributed by atoms with Crippen LogP contribution < -0.4 is 9.62 Å². The van der Waals surface area contributed by atoms with Gasteiger partial charge in [0.05, 0.1) is 36.8 Å². The number of hydrogen-bond donors (Lipinski definition) is 2. The minimum Gasteiger partial charge on any atom is -0.334 e. The van der Waals surface area contributed by atoms with E-state index in [1.807, 2.05) is 13.8 Å². The minimum absolute atomic E-state index is 0.131. The first-order valence-corrected chi connectivity index (χ1v) is 8.68. The molecule has 0 bridgehead atoms. The molecule has 0 atom stereocenters. The molecule has 126 valence electrons. The Hall–Kier alpha value is -0.830. The van der Waals surface area contributed by atoms with Gasteiger partial charge in [-0.1, -0.05) is 11.6 Å². The first kappa shape index (κ1) is 19.2. The third-order valence-corrected chi connectivity index (χ3v) is 5.26. The van der Waals surface area contributed by atoms with Crippen LogP contribution >= 0.6 is 11.6 Å². The molecule has 4 nitrogen and oxygen atoms in total. The Morgan fingerprint density at radius 2 is 1.82 bits per heavy atom. The molecule has 0 saturated carbocycles. The molecule has 1 rings (SSSR count). The van der Waals surface area contributed by atoms with E-state index in [0.29, 0.717) is 12.6 Å². The molecule has 9 heteroatoms. The third kappa shape index (κ3) is 5.12. The van der Waals surface area contributed by atoms with Gasteiger partial charge in [-0.25, -0.2) is 13.1 Å². The minimum atomic E-state index is -4.62. The molecule has 0 radical (unpaired) electrons. The first-order chi connectivity index (χ1) is 10.1. The van der Waals surface area contributed by atoms with Crippen molar-refractivity contribution in [1.29, 1.82) is 0 Å². The van der Waals surface area contributed by atoms with Crippen molar-refractivity contribution in [3.63, 3.8) is 0 Å². The summed E-state index contributed by atoms with van der Waals surface area (Å²) in [6, 6.07) is 2.24. The summed E-state index contributed by atoms with van der Waals surface area (Å²) < 4.78 is 64.6. The van der Waals surface area contributed by atoms with Crippen molar-refractivity contribution in [1.82, 2.24) is 4.72 Å². The SMILES string of the molecule is CC[NH+](CC)CCNS(=O)(=O)c1cc(C(F)(F)F)ccc1Cl. The van der Waals surface area contributed by atoms with Crippen LogP contribution in [0, 0.1) is 0 Å². The number of rotatable bonds is 7. The molecule has 0 amide bonds. The second-order valence-electron chi connectivity index (χ2n) is 4.75. The highest BCUT2D eigenvalue weighted by Crippen LogP contribution is 2.33. The summed E-state index contributed by atoms with van der Waals surface area (Å²) in [5.74, 6) is 0. The predicted molar refractivity (Wildman–Crippen MR) is 78.6 cm³/mol. The maximum absolute atomic E-state index is 12.7. The third-order valence-electron chi connectivity index (χ3n) is 3.32. The second-order valence-corrected chi connectivity index (χ2v) is 6.89. The van der Waals surface area contributed by atoms with Crippen molar-refractivity contribution in [3.8, 4) is 0 Å². The molecule has 0 saturated heterocycles. The largest absolute Gasteiger partial charge is 0.416 e. The molecule has 2 N–H and O–H groups in total. The number of alkyl halides is 3.